The van der Waals surface area contributed by atoms with E-state index in [0.717, 1.165) is 0 Å². The fourth-order valence-electron chi connectivity index (χ4n) is 7.04. The second-order valence-electron chi connectivity index (χ2n) is 11.2. The monoisotopic (exact) mass is 592 g/mol. The van der Waals surface area contributed by atoms with Gasteiger partial charge in [-0.1, -0.05) is 166 Å². The van der Waals surface area contributed by atoms with E-state index in [0.29, 0.717) is 0 Å². The predicted molar refractivity (Wildman–Crippen MR) is 200 cm³/mol. The lowest BCUT2D eigenvalue weighted by Crippen LogP contribution is -1.92. The molecular weight excluding hydrogens is 561 g/mol. The normalized spacial score (nSPS) is 11.3. The van der Waals surface area contributed by atoms with E-state index >= 15 is 0 Å². The molecule has 8 aromatic carbocycles. The van der Waals surface area contributed by atoms with E-state index in [9.17, 15) is 0 Å². The maximum atomic E-state index is 2.34. The third-order valence-corrected chi connectivity index (χ3v) is 10.1. The molecule has 0 aliphatic rings. The van der Waals surface area contributed by atoms with Gasteiger partial charge in [-0.05, 0) is 66.2 Å². The Labute approximate surface area is 267 Å². The molecule has 0 aliphatic heterocycles. The van der Waals surface area contributed by atoms with Crippen molar-refractivity contribution in [2.45, 2.75) is 13.8 Å². The van der Waals surface area contributed by atoms with Crippen LogP contribution in [0.2, 0.25) is 0 Å². The smallest absolute Gasteiger partial charge is 0.0434 e. The molecule has 0 unspecified atom stereocenters. The molecule has 0 N–H and O–H groups in total. The number of rotatable bonds is 3. The first-order valence-electron chi connectivity index (χ1n) is 15.8. The molecule has 45 heavy (non-hydrogen) atoms. The lowest BCUT2D eigenvalue weighted by molar-refractivity contribution is 1.50. The highest BCUT2D eigenvalue weighted by atomic mass is 32.1. The fraction of sp³-hybridized carbons (Fsp3) is 0.0455. The maximum absolute atomic E-state index is 2.34. The van der Waals surface area contributed by atoms with Crippen molar-refractivity contribution in [2.24, 2.45) is 0 Å². The number of thiophene rings is 1. The van der Waals surface area contributed by atoms with E-state index in [-0.39, 0.29) is 0 Å². The third-order valence-electron chi connectivity index (χ3n) is 8.88. The Bertz CT molecular complexity index is 2440. The van der Waals surface area contributed by atoms with Crippen LogP contribution in [0.25, 0.3) is 85.9 Å². The molecular formula is C44H32S. The summed E-state index contributed by atoms with van der Waals surface area (Å²) < 4.78 is 2.68. The summed E-state index contributed by atoms with van der Waals surface area (Å²) in [5.41, 5.74) is 7.70. The van der Waals surface area contributed by atoms with E-state index in [4.69, 9.17) is 0 Å². The maximum Gasteiger partial charge on any atom is 0.0434 e. The van der Waals surface area contributed by atoms with E-state index in [1.807, 2.05) is 25.2 Å². The van der Waals surface area contributed by atoms with Crippen molar-refractivity contribution in [3.05, 3.63) is 158 Å². The van der Waals surface area contributed by atoms with Gasteiger partial charge in [0, 0.05) is 25.7 Å². The highest BCUT2D eigenvalue weighted by molar-refractivity contribution is 7.26. The molecule has 0 atom stereocenters. The molecule has 0 saturated heterocycles. The van der Waals surface area contributed by atoms with Gasteiger partial charge in [0.15, 0.2) is 0 Å². The molecule has 9 aromatic rings. The molecule has 0 nitrogen and oxygen atoms in total. The minimum absolute atomic E-state index is 1.24. The summed E-state index contributed by atoms with van der Waals surface area (Å²) >= 11 is 1.90. The average molecular weight is 593 g/mol. The van der Waals surface area contributed by atoms with E-state index in [1.165, 1.54) is 85.9 Å². The van der Waals surface area contributed by atoms with Gasteiger partial charge in [-0.25, -0.2) is 0 Å². The van der Waals surface area contributed by atoms with Crippen LogP contribution >= 0.6 is 11.3 Å². The summed E-state index contributed by atoms with van der Waals surface area (Å²) in [4.78, 5) is 0. The minimum atomic E-state index is 1.24. The quantitative estimate of drug-likeness (QED) is 0.179. The van der Waals surface area contributed by atoms with Gasteiger partial charge in [-0.15, -0.1) is 11.3 Å². The molecule has 0 aliphatic carbocycles. The first-order valence-corrected chi connectivity index (χ1v) is 16.6. The Balaban J connectivity index is 0.00000147. The lowest BCUT2D eigenvalue weighted by Gasteiger charge is -2.20. The van der Waals surface area contributed by atoms with Crippen molar-refractivity contribution < 1.29 is 0 Å². The molecule has 0 radical (unpaired) electrons. The van der Waals surface area contributed by atoms with Crippen LogP contribution in [-0.2, 0) is 0 Å². The molecule has 0 spiro atoms. The molecule has 0 saturated carbocycles. The van der Waals surface area contributed by atoms with Gasteiger partial charge in [-0.3, -0.25) is 0 Å². The van der Waals surface area contributed by atoms with Gasteiger partial charge in [0.1, 0.15) is 0 Å². The van der Waals surface area contributed by atoms with Crippen LogP contribution in [0.1, 0.15) is 13.8 Å². The van der Waals surface area contributed by atoms with Crippen LogP contribution in [0.15, 0.2) is 158 Å². The molecule has 0 bridgehead atoms. The van der Waals surface area contributed by atoms with Crippen LogP contribution < -0.4 is 0 Å². The zero-order valence-corrected chi connectivity index (χ0v) is 26.2. The second-order valence-corrected chi connectivity index (χ2v) is 12.2. The number of benzene rings is 8. The summed E-state index contributed by atoms with van der Waals surface area (Å²) in [6, 6.07) is 57.8. The van der Waals surface area contributed by atoms with Gasteiger partial charge >= 0.3 is 0 Å². The van der Waals surface area contributed by atoms with Gasteiger partial charge in [0.2, 0.25) is 0 Å². The lowest BCUT2D eigenvalue weighted by atomic mass is 9.83. The van der Waals surface area contributed by atoms with E-state index < -0.39 is 0 Å². The first-order chi connectivity index (χ1) is 22.4. The highest BCUT2D eigenvalue weighted by Crippen LogP contribution is 2.49. The van der Waals surface area contributed by atoms with Gasteiger partial charge < -0.3 is 0 Å². The summed E-state index contributed by atoms with van der Waals surface area (Å²) in [5, 5.41) is 10.4. The Hall–Kier alpha value is -5.24. The Morgan fingerprint density at radius 3 is 1.38 bits per heavy atom. The molecule has 1 heteroatoms. The van der Waals surface area contributed by atoms with E-state index in [2.05, 4.69) is 158 Å². The summed E-state index contributed by atoms with van der Waals surface area (Å²) in [6.45, 7) is 4.00. The van der Waals surface area contributed by atoms with Crippen molar-refractivity contribution >= 4 is 63.8 Å². The standard InChI is InChI=1S/C42H26S.C2H6/c1-2-13-27(14-3-1)28-25-26-36(30-16-5-4-15-29(28)30)40-32-18-6-8-20-34(32)41(35-21-9-7-19-33(35)40)38-23-12-22-37-31-17-10-11-24-39(31)43-42(37)38;1-2/h1-26H;1-2H3. The molecule has 1 aromatic heterocycles. The third kappa shape index (κ3) is 4.35. The number of hydrogen-bond acceptors (Lipinski definition) is 1. The van der Waals surface area contributed by atoms with Crippen LogP contribution in [0.5, 0.6) is 0 Å². The van der Waals surface area contributed by atoms with Crippen molar-refractivity contribution in [3.63, 3.8) is 0 Å². The SMILES string of the molecule is CC.c1ccc(-c2ccc(-c3c4ccccc4c(-c4cccc5c4sc4ccccc45)c4ccccc34)c3ccccc23)cc1. The molecule has 0 fully saturated rings. The second kappa shape index (κ2) is 11.4. The minimum Gasteiger partial charge on any atom is -0.135 e. The molecule has 1 heterocycles. The summed E-state index contributed by atoms with van der Waals surface area (Å²) in [5.74, 6) is 0. The van der Waals surface area contributed by atoms with Crippen molar-refractivity contribution in [1.82, 2.24) is 0 Å². The number of fused-ring (bicyclic) bond motifs is 6. The van der Waals surface area contributed by atoms with Crippen LogP contribution in [0, 0.1) is 0 Å². The van der Waals surface area contributed by atoms with E-state index in [1.54, 1.807) is 0 Å². The van der Waals surface area contributed by atoms with Crippen molar-refractivity contribution in [2.75, 3.05) is 0 Å². The summed E-state index contributed by atoms with van der Waals surface area (Å²) in [6.07, 6.45) is 0. The Morgan fingerprint density at radius 2 is 0.756 bits per heavy atom. The Kier molecular flexibility index (Phi) is 6.89. The predicted octanol–water partition coefficient (Wildman–Crippen LogP) is 13.5. The van der Waals surface area contributed by atoms with Crippen molar-refractivity contribution in [1.29, 1.82) is 0 Å². The highest BCUT2D eigenvalue weighted by Gasteiger charge is 2.20. The molecule has 0 amide bonds. The molecule has 9 rings (SSSR count). The molecule has 214 valence electrons. The largest absolute Gasteiger partial charge is 0.135 e. The van der Waals surface area contributed by atoms with Crippen LogP contribution in [0.3, 0.4) is 0 Å². The number of hydrogen-bond donors (Lipinski definition) is 0. The van der Waals surface area contributed by atoms with Gasteiger partial charge in [0.25, 0.3) is 0 Å². The zero-order chi connectivity index (χ0) is 30.3. The topological polar surface area (TPSA) is 0 Å². The van der Waals surface area contributed by atoms with Crippen LogP contribution in [0.4, 0.5) is 0 Å². The first kappa shape index (κ1) is 27.3. The Morgan fingerprint density at radius 1 is 0.311 bits per heavy atom. The van der Waals surface area contributed by atoms with Crippen molar-refractivity contribution in [3.8, 4) is 33.4 Å². The zero-order valence-electron chi connectivity index (χ0n) is 25.4. The summed E-state index contributed by atoms with van der Waals surface area (Å²) in [7, 11) is 0. The van der Waals surface area contributed by atoms with Crippen LogP contribution in [-0.4, -0.2) is 0 Å². The average Bonchev–Trinajstić information content (AvgIpc) is 3.51. The fourth-order valence-corrected chi connectivity index (χ4v) is 8.26. The van der Waals surface area contributed by atoms with Gasteiger partial charge in [-0.2, -0.15) is 0 Å². The van der Waals surface area contributed by atoms with Gasteiger partial charge in [0.05, 0.1) is 0 Å².